The Hall–Kier alpha value is -3.21. The molecule has 5 N–H and O–H groups in total. The van der Waals surface area contributed by atoms with Gasteiger partial charge in [-0.1, -0.05) is 0 Å². The lowest BCUT2D eigenvalue weighted by molar-refractivity contribution is -0.117. The number of amides is 3. The van der Waals surface area contributed by atoms with Crippen LogP contribution in [-0.2, 0) is 4.79 Å². The van der Waals surface area contributed by atoms with Gasteiger partial charge in [-0.05, 0) is 22.0 Å². The fraction of sp³-hybridized carbons (Fsp3) is 0.0714. The summed E-state index contributed by atoms with van der Waals surface area (Å²) in [7, 11) is 0. The molecule has 3 heterocycles. The van der Waals surface area contributed by atoms with Crippen LogP contribution < -0.4 is 16.4 Å². The van der Waals surface area contributed by atoms with Crippen LogP contribution >= 0.6 is 15.9 Å². The number of nitrogens with zero attached hydrogens (tertiary/aromatic N) is 3. The van der Waals surface area contributed by atoms with Gasteiger partial charge in [-0.3, -0.25) is 19.5 Å². The second-order valence-corrected chi connectivity index (χ2v) is 5.85. The fourth-order valence-electron chi connectivity index (χ4n) is 2.12. The van der Waals surface area contributed by atoms with Crippen molar-refractivity contribution in [1.29, 1.82) is 0 Å². The zero-order valence-corrected chi connectivity index (χ0v) is 14.2. The summed E-state index contributed by atoms with van der Waals surface area (Å²) in [4.78, 5) is 39.3. The number of carbonyl (C=O) groups is 3. The molecule has 3 amide bonds. The highest BCUT2D eigenvalue weighted by Crippen LogP contribution is 2.20. The Kier molecular flexibility index (Phi) is 4.48. The van der Waals surface area contributed by atoms with E-state index in [0.717, 1.165) is 0 Å². The zero-order chi connectivity index (χ0) is 18.0. The molecule has 3 aromatic heterocycles. The summed E-state index contributed by atoms with van der Waals surface area (Å²) in [5.41, 5.74) is 6.19. The molecule has 0 saturated carbocycles. The molecule has 0 radical (unpaired) electrons. The second-order valence-electron chi connectivity index (χ2n) is 5.00. The van der Waals surface area contributed by atoms with Gasteiger partial charge in [0.1, 0.15) is 5.69 Å². The van der Waals surface area contributed by atoms with Gasteiger partial charge in [-0.15, -0.1) is 0 Å². The Morgan fingerprint density at radius 3 is 2.88 bits per heavy atom. The lowest BCUT2D eigenvalue weighted by atomic mass is 10.2. The highest BCUT2D eigenvalue weighted by Gasteiger charge is 2.18. The number of hydrogen-bond donors (Lipinski definition) is 4. The summed E-state index contributed by atoms with van der Waals surface area (Å²) < 4.78 is 2.34. The van der Waals surface area contributed by atoms with Crippen molar-refractivity contribution in [1.82, 2.24) is 24.9 Å². The minimum atomic E-state index is -0.683. The minimum Gasteiger partial charge on any atom is -0.368 e. The highest BCUT2D eigenvalue weighted by atomic mass is 79.9. The van der Waals surface area contributed by atoms with Gasteiger partial charge in [-0.2, -0.15) is 5.10 Å². The predicted molar refractivity (Wildman–Crippen MR) is 91.0 cm³/mol. The lowest BCUT2D eigenvalue weighted by Gasteiger charge is -2.07. The van der Waals surface area contributed by atoms with Crippen LogP contribution in [0.1, 0.15) is 20.8 Å². The summed E-state index contributed by atoms with van der Waals surface area (Å²) in [6, 6.07) is 1.62. The Bertz CT molecular complexity index is 978. The lowest BCUT2D eigenvalue weighted by Crippen LogP contribution is -2.34. The number of rotatable bonds is 5. The molecule has 0 unspecified atom stereocenters. The van der Waals surface area contributed by atoms with Gasteiger partial charge in [0.2, 0.25) is 5.91 Å². The number of nitrogens with one attached hydrogen (secondary N) is 3. The van der Waals surface area contributed by atoms with E-state index in [9.17, 15) is 14.4 Å². The fourth-order valence-corrected chi connectivity index (χ4v) is 2.67. The van der Waals surface area contributed by atoms with E-state index in [-0.39, 0.29) is 17.9 Å². The van der Waals surface area contributed by atoms with Crippen molar-refractivity contribution in [3.8, 4) is 0 Å². The van der Waals surface area contributed by atoms with Crippen molar-refractivity contribution >= 4 is 45.0 Å². The van der Waals surface area contributed by atoms with Crippen molar-refractivity contribution in [3.05, 3.63) is 46.6 Å². The van der Waals surface area contributed by atoms with Crippen LogP contribution in [0.2, 0.25) is 0 Å². The molecule has 0 aliphatic heterocycles. The molecule has 0 saturated heterocycles. The predicted octanol–water partition coefficient (Wildman–Crippen LogP) is 0.287. The van der Waals surface area contributed by atoms with Gasteiger partial charge >= 0.3 is 0 Å². The maximum Gasteiger partial charge on any atom is 0.271 e. The first-order valence-electron chi connectivity index (χ1n) is 6.99. The van der Waals surface area contributed by atoms with Crippen LogP contribution in [0.5, 0.6) is 0 Å². The molecule has 10 nitrogen and oxygen atoms in total. The number of aromatic amines is 1. The second kappa shape index (κ2) is 6.73. The van der Waals surface area contributed by atoms with Crippen LogP contribution in [-0.4, -0.2) is 43.8 Å². The van der Waals surface area contributed by atoms with E-state index < -0.39 is 17.7 Å². The summed E-state index contributed by atoms with van der Waals surface area (Å²) in [5, 5.41) is 11.1. The van der Waals surface area contributed by atoms with Crippen LogP contribution in [0.3, 0.4) is 0 Å². The Morgan fingerprint density at radius 2 is 2.12 bits per heavy atom. The van der Waals surface area contributed by atoms with Gasteiger partial charge in [0.05, 0.1) is 28.5 Å². The number of aromatic nitrogens is 4. The third-order valence-corrected chi connectivity index (χ3v) is 3.83. The Labute approximate surface area is 148 Å². The molecule has 0 fully saturated rings. The molecule has 0 aliphatic carbocycles. The number of pyridine rings is 1. The number of primary amides is 1. The maximum atomic E-state index is 12.5. The van der Waals surface area contributed by atoms with E-state index in [2.05, 4.69) is 41.7 Å². The van der Waals surface area contributed by atoms with Gasteiger partial charge in [0, 0.05) is 18.6 Å². The first-order chi connectivity index (χ1) is 12.0. The molecule has 0 atom stereocenters. The first kappa shape index (κ1) is 16.6. The zero-order valence-electron chi connectivity index (χ0n) is 12.6. The summed E-state index contributed by atoms with van der Waals surface area (Å²) in [6.45, 7) is -0.324. The van der Waals surface area contributed by atoms with Crippen molar-refractivity contribution in [3.63, 3.8) is 0 Å². The van der Waals surface area contributed by atoms with Crippen LogP contribution in [0, 0.1) is 0 Å². The number of fused-ring (bicyclic) bond motifs is 1. The quantitative estimate of drug-likeness (QED) is 0.481. The van der Waals surface area contributed by atoms with Crippen molar-refractivity contribution in [2.75, 3.05) is 11.9 Å². The number of imidazole rings is 1. The van der Waals surface area contributed by atoms with E-state index in [1.807, 2.05) is 0 Å². The number of nitrogens with two attached hydrogens (primary N) is 1. The molecule has 0 aromatic carbocycles. The molecule has 0 bridgehead atoms. The SMILES string of the molecule is NC(=O)CNC(=O)c1[nH]ncc1NC(=O)c1cc(Br)c2nccn2c1. The number of hydrogen-bond acceptors (Lipinski definition) is 5. The summed E-state index contributed by atoms with van der Waals surface area (Å²) in [6.07, 6.45) is 6.22. The minimum absolute atomic E-state index is 0.0115. The van der Waals surface area contributed by atoms with Gasteiger partial charge in [0.25, 0.3) is 11.8 Å². The molecular formula is C14H12BrN7O3. The largest absolute Gasteiger partial charge is 0.368 e. The normalized spacial score (nSPS) is 10.6. The molecule has 25 heavy (non-hydrogen) atoms. The van der Waals surface area contributed by atoms with Crippen LogP contribution in [0.15, 0.2) is 35.3 Å². The first-order valence-corrected chi connectivity index (χ1v) is 7.78. The monoisotopic (exact) mass is 405 g/mol. The van der Waals surface area contributed by atoms with Crippen molar-refractivity contribution in [2.45, 2.75) is 0 Å². The molecule has 0 spiro atoms. The standard InChI is InChI=1S/C14H12BrN7O3/c15-8-3-7(6-22-2-1-17-12(8)22)13(24)20-9-4-19-21-11(9)14(25)18-5-10(16)23/h1-4,6H,5H2,(H2,16,23)(H,18,25)(H,19,21)(H,20,24). The van der Waals surface area contributed by atoms with Gasteiger partial charge in [-0.25, -0.2) is 4.98 Å². The van der Waals surface area contributed by atoms with E-state index in [1.165, 1.54) is 6.20 Å². The summed E-state index contributed by atoms with van der Waals surface area (Å²) in [5.74, 6) is -1.74. The number of H-pyrrole nitrogens is 1. The maximum absolute atomic E-state index is 12.5. The molecule has 3 aromatic rings. The smallest absolute Gasteiger partial charge is 0.271 e. The van der Waals surface area contributed by atoms with Crippen molar-refractivity contribution in [2.24, 2.45) is 5.73 Å². The topological polar surface area (TPSA) is 147 Å². The van der Waals surface area contributed by atoms with Crippen LogP contribution in [0.25, 0.3) is 5.65 Å². The highest BCUT2D eigenvalue weighted by molar-refractivity contribution is 9.10. The Morgan fingerprint density at radius 1 is 1.32 bits per heavy atom. The molecule has 3 rings (SSSR count). The summed E-state index contributed by atoms with van der Waals surface area (Å²) >= 11 is 3.36. The van der Waals surface area contributed by atoms with E-state index in [4.69, 9.17) is 5.73 Å². The third kappa shape index (κ3) is 3.50. The molecule has 0 aliphatic rings. The van der Waals surface area contributed by atoms with E-state index in [0.29, 0.717) is 15.7 Å². The number of carbonyl (C=O) groups excluding carboxylic acids is 3. The Balaban J connectivity index is 1.80. The van der Waals surface area contributed by atoms with E-state index in [1.54, 1.807) is 29.1 Å². The molecular weight excluding hydrogens is 394 g/mol. The van der Waals surface area contributed by atoms with E-state index >= 15 is 0 Å². The molecule has 11 heteroatoms. The van der Waals surface area contributed by atoms with Crippen molar-refractivity contribution < 1.29 is 14.4 Å². The number of halogens is 1. The third-order valence-electron chi connectivity index (χ3n) is 3.24. The number of anilines is 1. The van der Waals surface area contributed by atoms with Gasteiger partial charge < -0.3 is 20.8 Å². The van der Waals surface area contributed by atoms with Crippen LogP contribution in [0.4, 0.5) is 5.69 Å². The average molecular weight is 406 g/mol. The van der Waals surface area contributed by atoms with Gasteiger partial charge in [0.15, 0.2) is 5.65 Å². The molecule has 128 valence electrons. The average Bonchev–Trinajstić information content (AvgIpc) is 3.21.